The van der Waals surface area contributed by atoms with Gasteiger partial charge in [-0.15, -0.1) is 0 Å². The predicted molar refractivity (Wildman–Crippen MR) is 154 cm³/mol. The number of hydrogen-bond donors (Lipinski definition) is 0. The Morgan fingerprint density at radius 2 is 1.76 bits per heavy atom. The maximum atomic E-state index is 13.9. The van der Waals surface area contributed by atoms with Crippen LogP contribution in [0.5, 0.6) is 5.75 Å². The van der Waals surface area contributed by atoms with Gasteiger partial charge in [-0.3, -0.25) is 9.59 Å². The molecule has 0 aliphatic carbocycles. The third-order valence-corrected chi connectivity index (χ3v) is 9.02. The van der Waals surface area contributed by atoms with E-state index in [9.17, 15) is 22.4 Å². The van der Waals surface area contributed by atoms with E-state index in [1.165, 1.54) is 54.7 Å². The standard InChI is InChI=1S/C31H31FN2O7S/c1-39-25-12-14-27(15-13-25)42(37,38)34(19-26-5-4-16-40-26)20-30(35)33(17-22-8-10-24(32)11-9-22)18-23-21-41-29-7-3-2-6-28(29)31(23)36/h2-3,6-15,21,26H,4-5,16-20H2,1H3/t26-/m0/s1. The fourth-order valence-electron chi connectivity index (χ4n) is 4.89. The number of carbonyl (C=O) groups is 1. The molecule has 1 saturated heterocycles. The molecule has 9 nitrogen and oxygen atoms in total. The number of nitrogens with zero attached hydrogens (tertiary/aromatic N) is 2. The summed E-state index contributed by atoms with van der Waals surface area (Å²) in [5.74, 6) is -0.475. The zero-order chi connectivity index (χ0) is 29.7. The smallest absolute Gasteiger partial charge is 0.243 e. The van der Waals surface area contributed by atoms with Crippen molar-refractivity contribution >= 4 is 26.9 Å². The molecule has 2 heterocycles. The van der Waals surface area contributed by atoms with Gasteiger partial charge in [0.2, 0.25) is 15.9 Å². The van der Waals surface area contributed by atoms with E-state index in [0.29, 0.717) is 35.3 Å². The predicted octanol–water partition coefficient (Wildman–Crippen LogP) is 4.34. The fraction of sp³-hybridized carbons (Fsp3) is 0.290. The van der Waals surface area contributed by atoms with Crippen molar-refractivity contribution in [1.29, 1.82) is 0 Å². The van der Waals surface area contributed by atoms with Gasteiger partial charge in [-0.25, -0.2) is 12.8 Å². The summed E-state index contributed by atoms with van der Waals surface area (Å²) in [6, 6.07) is 18.4. The second-order valence-corrected chi connectivity index (χ2v) is 12.0. The Morgan fingerprint density at radius 1 is 1.02 bits per heavy atom. The molecule has 1 atom stereocenters. The van der Waals surface area contributed by atoms with Crippen LogP contribution in [0.1, 0.15) is 24.0 Å². The molecular weight excluding hydrogens is 563 g/mol. The van der Waals surface area contributed by atoms with Crippen LogP contribution in [0.2, 0.25) is 0 Å². The molecule has 0 radical (unpaired) electrons. The van der Waals surface area contributed by atoms with Crippen molar-refractivity contribution in [3.05, 3.63) is 106 Å². The van der Waals surface area contributed by atoms with Crippen molar-refractivity contribution < 1.29 is 31.5 Å². The Kier molecular flexibility index (Phi) is 9.00. The number of amides is 1. The summed E-state index contributed by atoms with van der Waals surface area (Å²) in [5.41, 5.74) is 0.957. The quantitative estimate of drug-likeness (QED) is 0.254. The van der Waals surface area contributed by atoms with Gasteiger partial charge in [0.1, 0.15) is 17.1 Å². The van der Waals surface area contributed by atoms with Gasteiger partial charge >= 0.3 is 0 Å². The molecule has 11 heteroatoms. The van der Waals surface area contributed by atoms with Crippen LogP contribution in [0.25, 0.3) is 11.0 Å². The van der Waals surface area contributed by atoms with E-state index in [1.807, 2.05) is 0 Å². The van der Waals surface area contributed by atoms with Gasteiger partial charge in [0.05, 0.1) is 48.4 Å². The van der Waals surface area contributed by atoms with Crippen LogP contribution in [-0.4, -0.2) is 56.4 Å². The van der Waals surface area contributed by atoms with Crippen molar-refractivity contribution in [3.8, 4) is 5.75 Å². The van der Waals surface area contributed by atoms with Crippen molar-refractivity contribution in [2.75, 3.05) is 26.8 Å². The SMILES string of the molecule is COc1ccc(S(=O)(=O)N(CC(=O)N(Cc2ccc(F)cc2)Cc2coc3ccccc3c2=O)C[C@@H]2CCCO2)cc1. The molecule has 4 aromatic rings. The van der Waals surface area contributed by atoms with Crippen LogP contribution >= 0.6 is 0 Å². The first-order valence-electron chi connectivity index (χ1n) is 13.5. The van der Waals surface area contributed by atoms with Crippen LogP contribution in [0.3, 0.4) is 0 Å². The summed E-state index contributed by atoms with van der Waals surface area (Å²) in [7, 11) is -2.63. The first-order chi connectivity index (χ1) is 20.2. The van der Waals surface area contributed by atoms with E-state index in [0.717, 1.165) is 10.7 Å². The van der Waals surface area contributed by atoms with Crippen molar-refractivity contribution in [2.24, 2.45) is 0 Å². The molecule has 1 aliphatic heterocycles. The second-order valence-electron chi connectivity index (χ2n) is 10.1. The topological polar surface area (TPSA) is 106 Å². The van der Waals surface area contributed by atoms with Crippen LogP contribution in [0.4, 0.5) is 4.39 Å². The van der Waals surface area contributed by atoms with E-state index in [4.69, 9.17) is 13.9 Å². The number of fused-ring (bicyclic) bond motifs is 1. The van der Waals surface area contributed by atoms with Crippen LogP contribution in [0, 0.1) is 5.82 Å². The molecule has 220 valence electrons. The highest BCUT2D eigenvalue weighted by Crippen LogP contribution is 2.23. The minimum absolute atomic E-state index is 0.00866. The molecule has 1 aromatic heterocycles. The molecular formula is C31H31FN2O7S. The number of rotatable bonds is 11. The van der Waals surface area contributed by atoms with Gasteiger partial charge in [0, 0.05) is 19.7 Å². The van der Waals surface area contributed by atoms with E-state index >= 15 is 0 Å². The number of halogens is 1. The molecule has 42 heavy (non-hydrogen) atoms. The van der Waals surface area contributed by atoms with Gasteiger partial charge in [0.25, 0.3) is 0 Å². The highest BCUT2D eigenvalue weighted by Gasteiger charge is 2.32. The zero-order valence-corrected chi connectivity index (χ0v) is 23.9. The molecule has 0 spiro atoms. The molecule has 0 saturated carbocycles. The normalized spacial score (nSPS) is 15.3. The van der Waals surface area contributed by atoms with E-state index in [-0.39, 0.29) is 41.6 Å². The number of sulfonamides is 1. The monoisotopic (exact) mass is 594 g/mol. The largest absolute Gasteiger partial charge is 0.497 e. The number of benzene rings is 3. The first-order valence-corrected chi connectivity index (χ1v) is 15.0. The Morgan fingerprint density at radius 3 is 2.45 bits per heavy atom. The highest BCUT2D eigenvalue weighted by molar-refractivity contribution is 7.89. The number of methoxy groups -OCH3 is 1. The molecule has 0 N–H and O–H groups in total. The molecule has 1 fully saturated rings. The van der Waals surface area contributed by atoms with Gasteiger partial charge in [-0.2, -0.15) is 4.31 Å². The molecule has 3 aromatic carbocycles. The number of hydrogen-bond acceptors (Lipinski definition) is 7. The Balaban J connectivity index is 1.47. The second kappa shape index (κ2) is 12.8. The summed E-state index contributed by atoms with van der Waals surface area (Å²) in [5, 5.41) is 0.367. The van der Waals surface area contributed by atoms with Gasteiger partial charge in [-0.05, 0) is 66.9 Å². The lowest BCUT2D eigenvalue weighted by molar-refractivity contribution is -0.132. The van der Waals surface area contributed by atoms with Crippen LogP contribution < -0.4 is 10.2 Å². The summed E-state index contributed by atoms with van der Waals surface area (Å²) >= 11 is 0. The zero-order valence-electron chi connectivity index (χ0n) is 23.1. The minimum Gasteiger partial charge on any atom is -0.497 e. The summed E-state index contributed by atoms with van der Waals surface area (Å²) in [6.07, 6.45) is 2.42. The lowest BCUT2D eigenvalue weighted by Gasteiger charge is -2.28. The summed E-state index contributed by atoms with van der Waals surface area (Å²) in [6.45, 7) is -0.109. The van der Waals surface area contributed by atoms with Crippen molar-refractivity contribution in [2.45, 2.75) is 36.9 Å². The van der Waals surface area contributed by atoms with Gasteiger partial charge in [-0.1, -0.05) is 24.3 Å². The molecule has 0 unspecified atom stereocenters. The minimum atomic E-state index is -4.11. The van der Waals surface area contributed by atoms with E-state index in [1.54, 1.807) is 36.4 Å². The number of carbonyl (C=O) groups excluding carboxylic acids is 1. The first kappa shape index (κ1) is 29.4. The Bertz CT molecular complexity index is 1700. The van der Waals surface area contributed by atoms with Gasteiger partial charge < -0.3 is 18.8 Å². The average molecular weight is 595 g/mol. The lowest BCUT2D eigenvalue weighted by Crippen LogP contribution is -2.45. The number of ether oxygens (including phenoxy) is 2. The highest BCUT2D eigenvalue weighted by atomic mass is 32.2. The van der Waals surface area contributed by atoms with E-state index in [2.05, 4.69) is 0 Å². The third-order valence-electron chi connectivity index (χ3n) is 7.19. The van der Waals surface area contributed by atoms with Crippen LogP contribution in [0.15, 0.2) is 93.2 Å². The Hall–Kier alpha value is -4.06. The van der Waals surface area contributed by atoms with Crippen molar-refractivity contribution in [3.63, 3.8) is 0 Å². The van der Waals surface area contributed by atoms with Gasteiger partial charge in [0.15, 0.2) is 5.43 Å². The molecule has 1 amide bonds. The lowest BCUT2D eigenvalue weighted by atomic mass is 10.1. The van der Waals surface area contributed by atoms with E-state index < -0.39 is 28.3 Å². The Labute approximate surface area is 243 Å². The fourth-order valence-corrected chi connectivity index (χ4v) is 6.31. The summed E-state index contributed by atoms with van der Waals surface area (Å²) in [4.78, 5) is 28.5. The molecule has 5 rings (SSSR count). The molecule has 1 aliphatic rings. The van der Waals surface area contributed by atoms with Crippen LogP contribution in [-0.2, 0) is 32.6 Å². The maximum Gasteiger partial charge on any atom is 0.243 e. The van der Waals surface area contributed by atoms with Crippen molar-refractivity contribution in [1.82, 2.24) is 9.21 Å². The molecule has 0 bridgehead atoms. The maximum absolute atomic E-state index is 13.9. The number of para-hydroxylation sites is 1. The summed E-state index contributed by atoms with van der Waals surface area (Å²) < 4.78 is 58.8. The third kappa shape index (κ3) is 6.70. The average Bonchev–Trinajstić information content (AvgIpc) is 3.52.